The Labute approximate surface area is 122 Å². The van der Waals surface area contributed by atoms with Crippen LogP contribution in [0.5, 0.6) is 0 Å². The van der Waals surface area contributed by atoms with Gasteiger partial charge in [0.05, 0.1) is 28.3 Å². The predicted molar refractivity (Wildman–Crippen MR) is 77.4 cm³/mol. The largest absolute Gasteiger partial charge is 0.383 e. The molecule has 0 fully saturated rings. The van der Waals surface area contributed by atoms with E-state index in [0.29, 0.717) is 11.3 Å². The maximum absolute atomic E-state index is 10.8. The Balaban J connectivity index is 2.40. The van der Waals surface area contributed by atoms with Crippen molar-refractivity contribution in [3.8, 4) is 6.07 Å². The Morgan fingerprint density at radius 2 is 2.15 bits per heavy atom. The third-order valence-corrected chi connectivity index (χ3v) is 2.90. The number of benzene rings is 1. The summed E-state index contributed by atoms with van der Waals surface area (Å²) >= 11 is 3.26. The molecule has 0 bridgehead atoms. The van der Waals surface area contributed by atoms with Crippen LogP contribution in [0.2, 0.25) is 0 Å². The summed E-state index contributed by atoms with van der Waals surface area (Å²) in [6.45, 7) is 0. The van der Waals surface area contributed by atoms with Gasteiger partial charge < -0.3 is 11.1 Å². The molecule has 0 aliphatic heterocycles. The van der Waals surface area contributed by atoms with E-state index in [2.05, 4.69) is 26.2 Å². The number of nitriles is 1. The lowest BCUT2D eigenvalue weighted by molar-refractivity contribution is -0.384. The summed E-state index contributed by atoms with van der Waals surface area (Å²) in [6, 6.07) is 9.47. The molecular weight excluding hydrogens is 326 g/mol. The zero-order valence-corrected chi connectivity index (χ0v) is 11.6. The molecule has 8 heteroatoms. The molecule has 0 spiro atoms. The van der Waals surface area contributed by atoms with Gasteiger partial charge in [0.25, 0.3) is 5.69 Å². The number of hydrogen-bond donors (Lipinski definition) is 2. The topological polar surface area (TPSA) is 118 Å². The fraction of sp³-hybridized carbons (Fsp3) is 0. The van der Waals surface area contributed by atoms with Crippen molar-refractivity contribution < 1.29 is 4.92 Å². The maximum Gasteiger partial charge on any atom is 0.276 e. The highest BCUT2D eigenvalue weighted by atomic mass is 79.9. The van der Waals surface area contributed by atoms with Gasteiger partial charge in [-0.15, -0.1) is 0 Å². The van der Waals surface area contributed by atoms with Crippen LogP contribution in [-0.4, -0.2) is 9.91 Å². The van der Waals surface area contributed by atoms with Gasteiger partial charge in [0.2, 0.25) is 0 Å². The second-order valence-electron chi connectivity index (χ2n) is 3.82. The molecule has 3 N–H and O–H groups in total. The smallest absolute Gasteiger partial charge is 0.276 e. The Bertz CT molecular complexity index is 726. The number of nitrogen functional groups attached to an aromatic ring is 1. The quantitative estimate of drug-likeness (QED) is 0.658. The molecule has 2 rings (SSSR count). The zero-order chi connectivity index (χ0) is 14.7. The monoisotopic (exact) mass is 333 g/mol. The molecule has 0 unspecified atom stereocenters. The van der Waals surface area contributed by atoms with Gasteiger partial charge in [-0.2, -0.15) is 5.26 Å². The summed E-state index contributed by atoms with van der Waals surface area (Å²) in [5.41, 5.74) is 6.22. The fourth-order valence-electron chi connectivity index (χ4n) is 1.56. The van der Waals surface area contributed by atoms with E-state index in [1.54, 1.807) is 18.2 Å². The normalized spacial score (nSPS) is 9.80. The van der Waals surface area contributed by atoms with Gasteiger partial charge in [0.1, 0.15) is 17.7 Å². The average Bonchev–Trinajstić information content (AvgIpc) is 2.40. The number of anilines is 3. The molecule has 0 amide bonds. The SMILES string of the molecule is N#Cc1cc(Br)ccc1Nc1cc([N+](=O)[O-])cc(N)n1. The number of aromatic nitrogens is 1. The van der Waals surface area contributed by atoms with E-state index in [9.17, 15) is 10.1 Å². The highest BCUT2D eigenvalue weighted by molar-refractivity contribution is 9.10. The van der Waals surface area contributed by atoms with E-state index in [1.165, 1.54) is 6.07 Å². The summed E-state index contributed by atoms with van der Waals surface area (Å²) in [5.74, 6) is 0.229. The first-order chi connectivity index (χ1) is 9.49. The molecule has 2 aromatic rings. The van der Waals surface area contributed by atoms with E-state index in [1.807, 2.05) is 6.07 Å². The summed E-state index contributed by atoms with van der Waals surface area (Å²) < 4.78 is 0.756. The van der Waals surface area contributed by atoms with Gasteiger partial charge >= 0.3 is 0 Å². The average molecular weight is 334 g/mol. The van der Waals surface area contributed by atoms with Crippen molar-refractivity contribution in [2.24, 2.45) is 0 Å². The number of pyridine rings is 1. The molecular formula is C12H8BrN5O2. The number of rotatable bonds is 3. The Morgan fingerprint density at radius 3 is 2.80 bits per heavy atom. The number of nitro groups is 1. The first kappa shape index (κ1) is 13.8. The molecule has 20 heavy (non-hydrogen) atoms. The molecule has 0 aliphatic carbocycles. The summed E-state index contributed by atoms with van der Waals surface area (Å²) in [6.07, 6.45) is 0. The number of nitrogens with two attached hydrogens (primary N) is 1. The molecule has 0 radical (unpaired) electrons. The van der Waals surface area contributed by atoms with Crippen molar-refractivity contribution >= 4 is 38.9 Å². The number of nitrogens with one attached hydrogen (secondary N) is 1. The van der Waals surface area contributed by atoms with Crippen molar-refractivity contribution in [1.82, 2.24) is 4.98 Å². The van der Waals surface area contributed by atoms with Gasteiger partial charge in [0.15, 0.2) is 0 Å². The van der Waals surface area contributed by atoms with Crippen LogP contribution in [0.4, 0.5) is 23.0 Å². The Morgan fingerprint density at radius 1 is 1.40 bits per heavy atom. The summed E-state index contributed by atoms with van der Waals surface area (Å²) in [5, 5.41) is 22.7. The van der Waals surface area contributed by atoms with E-state index in [0.717, 1.165) is 10.5 Å². The fourth-order valence-corrected chi connectivity index (χ4v) is 1.92. The van der Waals surface area contributed by atoms with Crippen molar-refractivity contribution in [2.45, 2.75) is 0 Å². The maximum atomic E-state index is 10.8. The van der Waals surface area contributed by atoms with Crippen LogP contribution in [0.1, 0.15) is 5.56 Å². The standard InChI is InChI=1S/C12H8BrN5O2/c13-8-1-2-10(7(3-8)6-14)16-12-5-9(18(19)20)4-11(15)17-12/h1-5H,(H3,15,16,17). The minimum Gasteiger partial charge on any atom is -0.383 e. The van der Waals surface area contributed by atoms with Crippen LogP contribution >= 0.6 is 15.9 Å². The van der Waals surface area contributed by atoms with E-state index < -0.39 is 4.92 Å². The zero-order valence-electron chi connectivity index (χ0n) is 10.0. The molecule has 1 aromatic carbocycles. The third kappa shape index (κ3) is 3.02. The van der Waals surface area contributed by atoms with Gasteiger partial charge in [-0.3, -0.25) is 10.1 Å². The van der Waals surface area contributed by atoms with Crippen LogP contribution in [-0.2, 0) is 0 Å². The summed E-state index contributed by atoms with van der Waals surface area (Å²) in [4.78, 5) is 14.2. The van der Waals surface area contributed by atoms with Crippen LogP contribution in [0.15, 0.2) is 34.8 Å². The highest BCUT2D eigenvalue weighted by Crippen LogP contribution is 2.26. The summed E-state index contributed by atoms with van der Waals surface area (Å²) in [7, 11) is 0. The van der Waals surface area contributed by atoms with Crippen LogP contribution < -0.4 is 11.1 Å². The van der Waals surface area contributed by atoms with Crippen LogP contribution in [0.3, 0.4) is 0 Å². The van der Waals surface area contributed by atoms with E-state index in [-0.39, 0.29) is 17.3 Å². The molecule has 0 saturated carbocycles. The minimum atomic E-state index is -0.560. The predicted octanol–water partition coefficient (Wildman–Crippen LogP) is 2.95. The minimum absolute atomic E-state index is 0.0253. The van der Waals surface area contributed by atoms with Gasteiger partial charge in [-0.05, 0) is 18.2 Å². The van der Waals surface area contributed by atoms with Crippen molar-refractivity contribution in [1.29, 1.82) is 5.26 Å². The molecule has 0 saturated heterocycles. The van der Waals surface area contributed by atoms with Gasteiger partial charge in [-0.25, -0.2) is 4.98 Å². The number of hydrogen-bond acceptors (Lipinski definition) is 6. The number of halogens is 1. The van der Waals surface area contributed by atoms with E-state index in [4.69, 9.17) is 11.0 Å². The van der Waals surface area contributed by atoms with Crippen molar-refractivity contribution in [2.75, 3.05) is 11.1 Å². The molecule has 0 atom stereocenters. The van der Waals surface area contributed by atoms with Gasteiger partial charge in [-0.1, -0.05) is 15.9 Å². The molecule has 1 heterocycles. The third-order valence-electron chi connectivity index (χ3n) is 2.41. The highest BCUT2D eigenvalue weighted by Gasteiger charge is 2.11. The lowest BCUT2D eigenvalue weighted by Crippen LogP contribution is -2.01. The molecule has 1 aromatic heterocycles. The molecule has 7 nitrogen and oxygen atoms in total. The van der Waals surface area contributed by atoms with Crippen molar-refractivity contribution in [3.63, 3.8) is 0 Å². The van der Waals surface area contributed by atoms with Crippen LogP contribution in [0.25, 0.3) is 0 Å². The molecule has 0 aliphatic rings. The lowest BCUT2D eigenvalue weighted by atomic mass is 10.2. The Kier molecular flexibility index (Phi) is 3.81. The first-order valence-electron chi connectivity index (χ1n) is 5.38. The van der Waals surface area contributed by atoms with Crippen LogP contribution in [0, 0.1) is 21.4 Å². The Hall–Kier alpha value is -2.66. The number of nitrogens with zero attached hydrogens (tertiary/aromatic N) is 3. The van der Waals surface area contributed by atoms with E-state index >= 15 is 0 Å². The first-order valence-corrected chi connectivity index (χ1v) is 6.17. The van der Waals surface area contributed by atoms with Gasteiger partial charge in [0, 0.05) is 4.47 Å². The lowest BCUT2D eigenvalue weighted by Gasteiger charge is -2.08. The second kappa shape index (κ2) is 5.54. The molecule has 100 valence electrons. The van der Waals surface area contributed by atoms with Crippen molar-refractivity contribution in [3.05, 3.63) is 50.5 Å². The second-order valence-corrected chi connectivity index (χ2v) is 4.73.